The molecule has 126 valence electrons. The maximum absolute atomic E-state index is 12.6. The number of carbonyl (C=O) groups is 1. The molecule has 0 spiro atoms. The van der Waals surface area contributed by atoms with Gasteiger partial charge in [-0.15, -0.1) is 0 Å². The molecule has 0 aromatic heterocycles. The van der Waals surface area contributed by atoms with E-state index in [9.17, 15) is 9.90 Å². The van der Waals surface area contributed by atoms with E-state index >= 15 is 0 Å². The topological polar surface area (TPSA) is 43.8 Å². The molecule has 2 fully saturated rings. The smallest absolute Gasteiger partial charge is 0.253 e. The number of hydrogen-bond acceptors (Lipinski definition) is 3. The van der Waals surface area contributed by atoms with Gasteiger partial charge in [0.1, 0.15) is 0 Å². The Morgan fingerprint density at radius 2 is 1.83 bits per heavy atom. The Morgan fingerprint density at radius 3 is 2.48 bits per heavy atom. The summed E-state index contributed by atoms with van der Waals surface area (Å²) in [5, 5.41) is 11.1. The molecule has 0 unspecified atom stereocenters. The van der Waals surface area contributed by atoms with Crippen molar-refractivity contribution in [1.82, 2.24) is 9.80 Å². The number of likely N-dealkylation sites (N-methyl/N-ethyl adjacent to an activating group) is 1. The van der Waals surface area contributed by atoms with E-state index in [0.29, 0.717) is 23.2 Å². The number of β-amino-alcohol motifs (C(OH)–C–C–N with tert-alkyl or cyclic N) is 1. The van der Waals surface area contributed by atoms with E-state index in [1.54, 1.807) is 36.2 Å². The maximum atomic E-state index is 12.6. The van der Waals surface area contributed by atoms with Gasteiger partial charge in [0.25, 0.3) is 5.91 Å². The third kappa shape index (κ3) is 3.70. The van der Waals surface area contributed by atoms with Crippen molar-refractivity contribution in [2.75, 3.05) is 20.1 Å². The summed E-state index contributed by atoms with van der Waals surface area (Å²) in [5.41, 5.74) is 0.611. The van der Waals surface area contributed by atoms with Crippen LogP contribution in [0.3, 0.4) is 0 Å². The van der Waals surface area contributed by atoms with Crippen LogP contribution in [0.5, 0.6) is 0 Å². The van der Waals surface area contributed by atoms with Crippen molar-refractivity contribution < 1.29 is 9.90 Å². The molecule has 4 nitrogen and oxygen atoms in total. The van der Waals surface area contributed by atoms with Gasteiger partial charge in [0.15, 0.2) is 0 Å². The summed E-state index contributed by atoms with van der Waals surface area (Å²) in [4.78, 5) is 16.7. The maximum Gasteiger partial charge on any atom is 0.253 e. The summed E-state index contributed by atoms with van der Waals surface area (Å²) in [6.45, 7) is 1.44. The molecule has 1 N–H and O–H groups in total. The van der Waals surface area contributed by atoms with Gasteiger partial charge in [0.05, 0.1) is 12.1 Å². The highest BCUT2D eigenvalue weighted by Gasteiger charge is 2.39. The van der Waals surface area contributed by atoms with Crippen molar-refractivity contribution in [3.63, 3.8) is 0 Å². The van der Waals surface area contributed by atoms with Crippen molar-refractivity contribution in [1.29, 1.82) is 0 Å². The number of aliphatic hydroxyl groups is 1. The third-order valence-corrected chi connectivity index (χ3v) is 5.54. The second-order valence-electron chi connectivity index (χ2n) is 6.80. The number of halogens is 1. The Kier molecular flexibility index (Phi) is 5.24. The van der Waals surface area contributed by atoms with Gasteiger partial charge >= 0.3 is 0 Å². The largest absolute Gasteiger partial charge is 0.390 e. The van der Waals surface area contributed by atoms with E-state index in [2.05, 4.69) is 4.90 Å². The average Bonchev–Trinajstić information content (AvgIpc) is 2.97. The number of hydrogen-bond donors (Lipinski definition) is 1. The average molecular weight is 337 g/mol. The third-order valence-electron chi connectivity index (χ3n) is 5.29. The standard InChI is InChI=1S/C18H25ClN2O2/c1-20(18(23)13-7-9-14(19)10-8-13)16-11-21(12-17(16)22)15-5-3-2-4-6-15/h7-10,15-17,22H,2-6,11-12H2,1H3/t16-,17-/m0/s1. The fourth-order valence-corrected chi connectivity index (χ4v) is 4.00. The molecule has 1 aliphatic carbocycles. The number of rotatable bonds is 3. The lowest BCUT2D eigenvalue weighted by atomic mass is 9.94. The van der Waals surface area contributed by atoms with Crippen LogP contribution in [0, 0.1) is 0 Å². The Balaban J connectivity index is 1.65. The lowest BCUT2D eigenvalue weighted by Gasteiger charge is -2.31. The molecule has 1 saturated carbocycles. The summed E-state index contributed by atoms with van der Waals surface area (Å²) < 4.78 is 0. The zero-order valence-electron chi connectivity index (χ0n) is 13.6. The first-order valence-electron chi connectivity index (χ1n) is 8.51. The molecule has 1 aliphatic heterocycles. The molecule has 2 atom stereocenters. The predicted molar refractivity (Wildman–Crippen MR) is 91.8 cm³/mol. The lowest BCUT2D eigenvalue weighted by Crippen LogP contribution is -2.44. The number of likely N-dealkylation sites (tertiary alicyclic amines) is 1. The summed E-state index contributed by atoms with van der Waals surface area (Å²) in [7, 11) is 1.79. The number of carbonyl (C=O) groups excluding carboxylic acids is 1. The monoisotopic (exact) mass is 336 g/mol. The van der Waals surface area contributed by atoms with Crippen LogP contribution in [0.15, 0.2) is 24.3 Å². The van der Waals surface area contributed by atoms with Gasteiger partial charge in [0.2, 0.25) is 0 Å². The summed E-state index contributed by atoms with van der Waals surface area (Å²) in [5.74, 6) is -0.0591. The number of nitrogens with zero attached hydrogens (tertiary/aromatic N) is 2. The minimum Gasteiger partial charge on any atom is -0.390 e. The van der Waals surface area contributed by atoms with E-state index in [-0.39, 0.29) is 11.9 Å². The summed E-state index contributed by atoms with van der Waals surface area (Å²) in [6.07, 6.45) is 5.84. The van der Waals surface area contributed by atoms with E-state index in [1.807, 2.05) is 0 Å². The summed E-state index contributed by atoms with van der Waals surface area (Å²) >= 11 is 5.88. The first-order valence-corrected chi connectivity index (χ1v) is 8.89. The van der Waals surface area contributed by atoms with Gasteiger partial charge in [-0.25, -0.2) is 0 Å². The molecular weight excluding hydrogens is 312 g/mol. The molecule has 1 heterocycles. The molecule has 5 heteroatoms. The molecular formula is C18H25ClN2O2. The molecule has 0 bridgehead atoms. The highest BCUT2D eigenvalue weighted by Crippen LogP contribution is 2.27. The SMILES string of the molecule is CN(C(=O)c1ccc(Cl)cc1)[C@H]1CN(C2CCCCC2)C[C@@H]1O. The van der Waals surface area contributed by atoms with Crippen LogP contribution < -0.4 is 0 Å². The minimum atomic E-state index is -0.474. The number of benzene rings is 1. The fourth-order valence-electron chi connectivity index (χ4n) is 3.87. The minimum absolute atomic E-state index is 0.0591. The van der Waals surface area contributed by atoms with Crippen molar-refractivity contribution in [2.24, 2.45) is 0 Å². The zero-order valence-corrected chi connectivity index (χ0v) is 14.4. The van der Waals surface area contributed by atoms with Crippen LogP contribution in [0.2, 0.25) is 5.02 Å². The van der Waals surface area contributed by atoms with Crippen LogP contribution in [-0.2, 0) is 0 Å². The Hall–Kier alpha value is -1.10. The molecule has 3 rings (SSSR count). The van der Waals surface area contributed by atoms with Crippen LogP contribution in [0.25, 0.3) is 0 Å². The van der Waals surface area contributed by atoms with Gasteiger partial charge in [0, 0.05) is 36.8 Å². The molecule has 1 aromatic carbocycles. The van der Waals surface area contributed by atoms with E-state index < -0.39 is 6.10 Å². The number of amides is 1. The first kappa shape index (κ1) is 16.7. The second kappa shape index (κ2) is 7.20. The normalized spacial score (nSPS) is 26.4. The Labute approximate surface area is 143 Å². The Bertz CT molecular complexity index is 542. The fraction of sp³-hybridized carbons (Fsp3) is 0.611. The molecule has 2 aliphatic rings. The number of aliphatic hydroxyl groups excluding tert-OH is 1. The quantitative estimate of drug-likeness (QED) is 0.923. The highest BCUT2D eigenvalue weighted by atomic mass is 35.5. The van der Waals surface area contributed by atoms with Gasteiger partial charge in [-0.05, 0) is 37.1 Å². The van der Waals surface area contributed by atoms with Crippen LogP contribution >= 0.6 is 11.6 Å². The van der Waals surface area contributed by atoms with Crippen molar-refractivity contribution >= 4 is 17.5 Å². The van der Waals surface area contributed by atoms with Crippen LogP contribution in [-0.4, -0.2) is 59.1 Å². The summed E-state index contributed by atoms with van der Waals surface area (Å²) in [6, 6.07) is 7.36. The molecule has 1 amide bonds. The lowest BCUT2D eigenvalue weighted by molar-refractivity contribution is 0.0581. The zero-order chi connectivity index (χ0) is 16.4. The van der Waals surface area contributed by atoms with Crippen molar-refractivity contribution in [3.8, 4) is 0 Å². The van der Waals surface area contributed by atoms with Crippen LogP contribution in [0.4, 0.5) is 0 Å². The van der Waals surface area contributed by atoms with Gasteiger partial charge < -0.3 is 10.0 Å². The predicted octanol–water partition coefficient (Wildman–Crippen LogP) is 2.79. The van der Waals surface area contributed by atoms with Crippen molar-refractivity contribution in [2.45, 2.75) is 50.3 Å². The molecule has 0 radical (unpaired) electrons. The first-order chi connectivity index (χ1) is 11.1. The van der Waals surface area contributed by atoms with E-state index in [1.165, 1.54) is 32.1 Å². The van der Waals surface area contributed by atoms with Crippen molar-refractivity contribution in [3.05, 3.63) is 34.9 Å². The van der Waals surface area contributed by atoms with Gasteiger partial charge in [-0.3, -0.25) is 9.69 Å². The molecule has 1 aromatic rings. The Morgan fingerprint density at radius 1 is 1.17 bits per heavy atom. The second-order valence-corrected chi connectivity index (χ2v) is 7.24. The van der Waals surface area contributed by atoms with E-state index in [0.717, 1.165) is 6.54 Å². The molecule has 1 saturated heterocycles. The van der Waals surface area contributed by atoms with E-state index in [4.69, 9.17) is 11.6 Å². The molecule has 23 heavy (non-hydrogen) atoms. The highest BCUT2D eigenvalue weighted by molar-refractivity contribution is 6.30. The van der Waals surface area contributed by atoms with Crippen LogP contribution in [0.1, 0.15) is 42.5 Å². The van der Waals surface area contributed by atoms with Gasteiger partial charge in [-0.2, -0.15) is 0 Å². The van der Waals surface area contributed by atoms with Gasteiger partial charge in [-0.1, -0.05) is 30.9 Å².